The van der Waals surface area contributed by atoms with Gasteiger partial charge < -0.3 is 19.9 Å². The molecule has 0 aliphatic rings. The summed E-state index contributed by atoms with van der Waals surface area (Å²) in [6.45, 7) is 3.03. The number of aromatic hydroxyl groups is 1. The van der Waals surface area contributed by atoms with Crippen molar-refractivity contribution in [1.82, 2.24) is 0 Å². The van der Waals surface area contributed by atoms with Gasteiger partial charge in [0.25, 0.3) is 0 Å². The van der Waals surface area contributed by atoms with Gasteiger partial charge in [-0.3, -0.25) is 0 Å². The number of hydrogen-bond acceptors (Lipinski definition) is 4. The molecule has 0 saturated heterocycles. The number of phenolic OH excluding ortho intramolecular Hbond substituents is 1. The number of methoxy groups -OCH3 is 1. The average molecular weight is 384 g/mol. The number of halogens is 1. The van der Waals surface area contributed by atoms with Crippen molar-refractivity contribution in [2.24, 2.45) is 0 Å². The van der Waals surface area contributed by atoms with Gasteiger partial charge in [0.1, 0.15) is 12.4 Å². The topological polar surface area (TPSA) is 50.7 Å². The Balaban J connectivity index is 1.72. The third kappa shape index (κ3) is 4.86. The molecule has 0 saturated carbocycles. The van der Waals surface area contributed by atoms with Crippen LogP contribution in [-0.2, 0) is 13.2 Å². The van der Waals surface area contributed by atoms with E-state index in [1.165, 1.54) is 5.56 Å². The molecule has 0 atom stereocenters. The molecule has 0 amide bonds. The van der Waals surface area contributed by atoms with E-state index >= 15 is 0 Å². The highest BCUT2D eigenvalue weighted by molar-refractivity contribution is 6.31. The Labute approximate surface area is 164 Å². The van der Waals surface area contributed by atoms with Gasteiger partial charge in [-0.05, 0) is 53.9 Å². The molecule has 0 bridgehead atoms. The SMILES string of the molecule is COc1cc(CNc2ccc(O)cc2)c(Cl)cc1OCc1ccccc1C. The van der Waals surface area contributed by atoms with Gasteiger partial charge in [-0.1, -0.05) is 35.9 Å². The summed E-state index contributed by atoms with van der Waals surface area (Å²) < 4.78 is 11.4. The van der Waals surface area contributed by atoms with Crippen LogP contribution in [-0.4, -0.2) is 12.2 Å². The summed E-state index contributed by atoms with van der Waals surface area (Å²) in [5.74, 6) is 1.48. The summed E-state index contributed by atoms with van der Waals surface area (Å²) in [5.41, 5.74) is 4.08. The Bertz CT molecular complexity index is 910. The number of rotatable bonds is 7. The van der Waals surface area contributed by atoms with Gasteiger partial charge in [0.2, 0.25) is 0 Å². The van der Waals surface area contributed by atoms with Crippen molar-refractivity contribution in [2.75, 3.05) is 12.4 Å². The minimum atomic E-state index is 0.232. The smallest absolute Gasteiger partial charge is 0.163 e. The summed E-state index contributed by atoms with van der Waals surface area (Å²) in [6.07, 6.45) is 0. The summed E-state index contributed by atoms with van der Waals surface area (Å²) in [6, 6.07) is 18.6. The van der Waals surface area contributed by atoms with Crippen molar-refractivity contribution in [3.63, 3.8) is 0 Å². The van der Waals surface area contributed by atoms with Gasteiger partial charge in [-0.25, -0.2) is 0 Å². The molecule has 2 N–H and O–H groups in total. The lowest BCUT2D eigenvalue weighted by atomic mass is 10.1. The van der Waals surface area contributed by atoms with Crippen LogP contribution in [0.1, 0.15) is 16.7 Å². The third-order valence-corrected chi connectivity index (χ3v) is 4.68. The van der Waals surface area contributed by atoms with E-state index in [-0.39, 0.29) is 5.75 Å². The lowest BCUT2D eigenvalue weighted by molar-refractivity contribution is 0.284. The highest BCUT2D eigenvalue weighted by Gasteiger charge is 2.11. The minimum absolute atomic E-state index is 0.232. The maximum atomic E-state index is 9.36. The van der Waals surface area contributed by atoms with Crippen molar-refractivity contribution in [3.05, 3.63) is 82.4 Å². The molecule has 0 radical (unpaired) electrons. The number of hydrogen-bond donors (Lipinski definition) is 2. The van der Waals surface area contributed by atoms with E-state index in [1.54, 1.807) is 37.4 Å². The van der Waals surface area contributed by atoms with Gasteiger partial charge in [0.05, 0.1) is 7.11 Å². The Kier molecular flexibility index (Phi) is 6.09. The van der Waals surface area contributed by atoms with Crippen molar-refractivity contribution < 1.29 is 14.6 Å². The van der Waals surface area contributed by atoms with Crippen LogP contribution < -0.4 is 14.8 Å². The van der Waals surface area contributed by atoms with Gasteiger partial charge in [-0.15, -0.1) is 0 Å². The molecule has 0 aliphatic carbocycles. The first-order chi connectivity index (χ1) is 13.1. The predicted molar refractivity (Wildman–Crippen MR) is 109 cm³/mol. The van der Waals surface area contributed by atoms with Crippen molar-refractivity contribution >= 4 is 17.3 Å². The highest BCUT2D eigenvalue weighted by atomic mass is 35.5. The molecule has 4 nitrogen and oxygen atoms in total. The Morgan fingerprint density at radius 3 is 2.41 bits per heavy atom. The van der Waals surface area contributed by atoms with E-state index in [2.05, 4.69) is 18.3 Å². The van der Waals surface area contributed by atoms with Crippen LogP contribution in [0.3, 0.4) is 0 Å². The normalized spacial score (nSPS) is 10.5. The van der Waals surface area contributed by atoms with Gasteiger partial charge in [0.15, 0.2) is 11.5 Å². The summed E-state index contributed by atoms with van der Waals surface area (Å²) in [7, 11) is 1.61. The molecule has 0 aliphatic heterocycles. The first-order valence-corrected chi connectivity index (χ1v) is 9.01. The first kappa shape index (κ1) is 18.9. The van der Waals surface area contributed by atoms with Crippen LogP contribution >= 0.6 is 11.6 Å². The molecule has 0 heterocycles. The number of benzene rings is 3. The zero-order valence-corrected chi connectivity index (χ0v) is 16.1. The van der Waals surface area contributed by atoms with E-state index in [0.29, 0.717) is 29.7 Å². The summed E-state index contributed by atoms with van der Waals surface area (Å²) in [4.78, 5) is 0. The molecular weight excluding hydrogens is 362 g/mol. The molecule has 27 heavy (non-hydrogen) atoms. The van der Waals surface area contributed by atoms with Gasteiger partial charge in [0, 0.05) is 23.3 Å². The monoisotopic (exact) mass is 383 g/mol. The molecular formula is C22H22ClNO3. The highest BCUT2D eigenvalue weighted by Crippen LogP contribution is 2.34. The standard InChI is InChI=1S/C22H22ClNO3/c1-15-5-3-4-6-16(15)14-27-22-12-20(23)17(11-21(22)26-2)13-24-18-7-9-19(25)10-8-18/h3-12,24-25H,13-14H2,1-2H3. The van der Waals surface area contributed by atoms with E-state index in [9.17, 15) is 5.11 Å². The molecule has 3 aromatic rings. The fourth-order valence-electron chi connectivity index (χ4n) is 2.69. The van der Waals surface area contributed by atoms with E-state index < -0.39 is 0 Å². The van der Waals surface area contributed by atoms with E-state index in [1.807, 2.05) is 24.3 Å². The zero-order chi connectivity index (χ0) is 19.2. The maximum Gasteiger partial charge on any atom is 0.163 e. The second-order valence-corrected chi connectivity index (χ2v) is 6.62. The van der Waals surface area contributed by atoms with Crippen molar-refractivity contribution in [2.45, 2.75) is 20.1 Å². The maximum absolute atomic E-state index is 9.36. The zero-order valence-electron chi connectivity index (χ0n) is 15.3. The molecule has 0 fully saturated rings. The second-order valence-electron chi connectivity index (χ2n) is 6.21. The third-order valence-electron chi connectivity index (χ3n) is 4.33. The van der Waals surface area contributed by atoms with Crippen LogP contribution in [0.4, 0.5) is 5.69 Å². The number of phenols is 1. The molecule has 0 spiro atoms. The molecule has 140 valence electrons. The van der Waals surface area contributed by atoms with Crippen molar-refractivity contribution in [3.8, 4) is 17.2 Å². The van der Waals surface area contributed by atoms with Crippen LogP contribution in [0, 0.1) is 6.92 Å². The first-order valence-electron chi connectivity index (χ1n) is 8.63. The lowest BCUT2D eigenvalue weighted by Gasteiger charge is -2.15. The molecule has 3 aromatic carbocycles. The van der Waals surface area contributed by atoms with Crippen LogP contribution in [0.15, 0.2) is 60.7 Å². The molecule has 0 aromatic heterocycles. The number of ether oxygens (including phenoxy) is 2. The Morgan fingerprint density at radius 1 is 0.963 bits per heavy atom. The largest absolute Gasteiger partial charge is 0.508 e. The van der Waals surface area contributed by atoms with E-state index in [0.717, 1.165) is 16.8 Å². The average Bonchev–Trinajstić information content (AvgIpc) is 2.68. The fraction of sp³-hybridized carbons (Fsp3) is 0.182. The molecule has 3 rings (SSSR count). The molecule has 0 unspecified atom stereocenters. The Hall–Kier alpha value is -2.85. The van der Waals surface area contributed by atoms with E-state index in [4.69, 9.17) is 21.1 Å². The summed E-state index contributed by atoms with van der Waals surface area (Å²) in [5, 5.41) is 13.2. The number of nitrogens with one attached hydrogen (secondary N) is 1. The summed E-state index contributed by atoms with van der Waals surface area (Å²) >= 11 is 6.45. The quantitative estimate of drug-likeness (QED) is 0.525. The predicted octanol–water partition coefficient (Wildman–Crippen LogP) is 5.55. The van der Waals surface area contributed by atoms with Crippen LogP contribution in [0.5, 0.6) is 17.2 Å². The van der Waals surface area contributed by atoms with Crippen molar-refractivity contribution in [1.29, 1.82) is 0 Å². The van der Waals surface area contributed by atoms with Crippen LogP contribution in [0.25, 0.3) is 0 Å². The minimum Gasteiger partial charge on any atom is -0.508 e. The van der Waals surface area contributed by atoms with Gasteiger partial charge in [-0.2, -0.15) is 0 Å². The van der Waals surface area contributed by atoms with Gasteiger partial charge >= 0.3 is 0 Å². The second kappa shape index (κ2) is 8.69. The molecule has 5 heteroatoms. The van der Waals surface area contributed by atoms with Crippen LogP contribution in [0.2, 0.25) is 5.02 Å². The Morgan fingerprint density at radius 2 is 1.70 bits per heavy atom. The lowest BCUT2D eigenvalue weighted by Crippen LogP contribution is -2.03. The number of anilines is 1. The number of aryl methyl sites for hydroxylation is 1. The fourth-order valence-corrected chi connectivity index (χ4v) is 2.91.